The van der Waals surface area contributed by atoms with E-state index in [9.17, 15) is 22.8 Å². The molecule has 0 saturated carbocycles. The van der Waals surface area contributed by atoms with Crippen LogP contribution < -0.4 is 5.32 Å². The summed E-state index contributed by atoms with van der Waals surface area (Å²) in [5, 5.41) is 2.25. The molecule has 0 bridgehead atoms. The van der Waals surface area contributed by atoms with E-state index >= 15 is 0 Å². The first-order chi connectivity index (χ1) is 14.6. The Morgan fingerprint density at radius 3 is 2.42 bits per heavy atom. The average Bonchev–Trinajstić information content (AvgIpc) is 2.96. The molecule has 0 unspecified atom stereocenters. The van der Waals surface area contributed by atoms with Gasteiger partial charge < -0.3 is 5.32 Å². The first-order valence-corrected chi connectivity index (χ1v) is 12.2. The molecule has 1 heterocycles. The molecule has 1 N–H and O–H groups in total. The molecule has 1 fully saturated rings. The largest absolute Gasteiger partial charge is 0.350 e. The highest BCUT2D eigenvalue weighted by Gasteiger charge is 2.34. The van der Waals surface area contributed by atoms with Crippen molar-refractivity contribution in [2.24, 2.45) is 0 Å². The second-order valence-corrected chi connectivity index (χ2v) is 10.3. The summed E-state index contributed by atoms with van der Waals surface area (Å²) in [4.78, 5) is 38.8. The Balaban J connectivity index is 1.64. The Morgan fingerprint density at radius 1 is 1.10 bits per heavy atom. The van der Waals surface area contributed by atoms with E-state index in [1.807, 2.05) is 31.2 Å². The minimum atomic E-state index is -3.44. The number of imide groups is 1. The molecule has 0 radical (unpaired) electrons. The summed E-state index contributed by atoms with van der Waals surface area (Å²) in [5.41, 5.74) is 2.78. The topological polar surface area (TPSA) is 101 Å². The number of nitrogens with zero attached hydrogens (tertiary/aromatic N) is 1. The van der Waals surface area contributed by atoms with Crippen molar-refractivity contribution < 1.29 is 22.8 Å². The summed E-state index contributed by atoms with van der Waals surface area (Å²) < 4.78 is 23.5. The maximum Gasteiger partial charge on any atom is 0.293 e. The van der Waals surface area contributed by atoms with Gasteiger partial charge in [-0.1, -0.05) is 35.9 Å². The Bertz CT molecular complexity index is 1180. The average molecular weight is 459 g/mol. The first kappa shape index (κ1) is 22.8. The third-order valence-electron chi connectivity index (χ3n) is 4.75. The van der Waals surface area contributed by atoms with E-state index in [-0.39, 0.29) is 23.5 Å². The first-order valence-electron chi connectivity index (χ1n) is 9.47. The van der Waals surface area contributed by atoms with Crippen molar-refractivity contribution in [2.45, 2.75) is 18.7 Å². The van der Waals surface area contributed by atoms with Crippen LogP contribution in [0.5, 0.6) is 0 Å². The highest BCUT2D eigenvalue weighted by Crippen LogP contribution is 2.31. The van der Waals surface area contributed by atoms with Gasteiger partial charge >= 0.3 is 0 Å². The van der Waals surface area contributed by atoms with Gasteiger partial charge in [-0.15, -0.1) is 0 Å². The number of benzene rings is 2. The Hall–Kier alpha value is -2.91. The van der Waals surface area contributed by atoms with Crippen LogP contribution in [-0.2, 0) is 14.6 Å². The second-order valence-electron chi connectivity index (χ2n) is 7.25. The van der Waals surface area contributed by atoms with Gasteiger partial charge in [0.15, 0.2) is 9.84 Å². The van der Waals surface area contributed by atoms with Gasteiger partial charge in [-0.3, -0.25) is 19.3 Å². The lowest BCUT2D eigenvalue weighted by atomic mass is 10.1. The van der Waals surface area contributed by atoms with Crippen LogP contribution in [0.2, 0.25) is 0 Å². The van der Waals surface area contributed by atoms with E-state index < -0.39 is 26.9 Å². The van der Waals surface area contributed by atoms with Crippen molar-refractivity contribution in [3.05, 3.63) is 69.6 Å². The van der Waals surface area contributed by atoms with Crippen molar-refractivity contribution in [2.75, 3.05) is 19.3 Å². The summed E-state index contributed by atoms with van der Waals surface area (Å²) in [6.45, 7) is 3.74. The lowest BCUT2D eigenvalue weighted by Crippen LogP contribution is -2.37. The molecular formula is C22H22N2O5S2. The van der Waals surface area contributed by atoms with E-state index in [1.54, 1.807) is 19.1 Å². The molecule has 0 atom stereocenters. The van der Waals surface area contributed by atoms with Crippen LogP contribution in [0.4, 0.5) is 4.79 Å². The number of aryl methyl sites for hydroxylation is 2. The minimum absolute atomic E-state index is 0.0203. The summed E-state index contributed by atoms with van der Waals surface area (Å²) in [6, 6.07) is 11.9. The molecule has 31 heavy (non-hydrogen) atoms. The fourth-order valence-electron chi connectivity index (χ4n) is 2.96. The van der Waals surface area contributed by atoms with E-state index in [0.29, 0.717) is 10.5 Å². The van der Waals surface area contributed by atoms with Crippen LogP contribution in [-0.4, -0.2) is 49.7 Å². The van der Waals surface area contributed by atoms with Gasteiger partial charge in [-0.05, 0) is 54.9 Å². The number of hydrogen-bond acceptors (Lipinski definition) is 6. The summed E-state index contributed by atoms with van der Waals surface area (Å²) in [6.07, 6.45) is 2.74. The molecule has 1 aliphatic rings. The zero-order valence-corrected chi connectivity index (χ0v) is 19.0. The van der Waals surface area contributed by atoms with Crippen molar-refractivity contribution in [3.8, 4) is 0 Å². The van der Waals surface area contributed by atoms with Crippen LogP contribution in [0.15, 0.2) is 52.3 Å². The SMILES string of the molecule is Cc1ccc(/C=C2\SC(=O)N(CCNC(=O)c3cc(S(C)(=O)=O)ccc3C)C2=O)cc1. The quantitative estimate of drug-likeness (QED) is 0.668. The van der Waals surface area contributed by atoms with Gasteiger partial charge in [-0.2, -0.15) is 0 Å². The number of sulfone groups is 1. The molecule has 7 nitrogen and oxygen atoms in total. The van der Waals surface area contributed by atoms with Crippen LogP contribution in [0, 0.1) is 13.8 Å². The molecule has 0 aliphatic carbocycles. The maximum absolute atomic E-state index is 12.6. The van der Waals surface area contributed by atoms with Gasteiger partial charge in [0.25, 0.3) is 17.1 Å². The van der Waals surface area contributed by atoms with Crippen molar-refractivity contribution >= 4 is 44.7 Å². The summed E-state index contributed by atoms with van der Waals surface area (Å²) in [7, 11) is -3.44. The van der Waals surface area contributed by atoms with Crippen LogP contribution in [0.1, 0.15) is 27.0 Å². The molecule has 2 aromatic rings. The standard InChI is InChI=1S/C22H22N2O5S2/c1-14-4-7-16(8-5-14)12-19-21(26)24(22(27)30-19)11-10-23-20(25)18-13-17(31(3,28)29)9-6-15(18)2/h4-9,12-13H,10-11H2,1-3H3,(H,23,25)/b19-12-. The summed E-state index contributed by atoms with van der Waals surface area (Å²) >= 11 is 0.862. The monoisotopic (exact) mass is 458 g/mol. The zero-order chi connectivity index (χ0) is 22.8. The fourth-order valence-corrected chi connectivity index (χ4v) is 4.47. The molecule has 162 valence electrons. The number of hydrogen-bond donors (Lipinski definition) is 1. The van der Waals surface area contributed by atoms with E-state index in [4.69, 9.17) is 0 Å². The molecular weight excluding hydrogens is 436 g/mol. The molecule has 3 rings (SSSR count). The molecule has 9 heteroatoms. The fraction of sp³-hybridized carbons (Fsp3) is 0.227. The second kappa shape index (κ2) is 9.07. The van der Waals surface area contributed by atoms with E-state index in [2.05, 4.69) is 5.32 Å². The van der Waals surface area contributed by atoms with Gasteiger partial charge in [0.1, 0.15) is 0 Å². The molecule has 1 aliphatic heterocycles. The maximum atomic E-state index is 12.6. The molecule has 1 saturated heterocycles. The Kier molecular flexibility index (Phi) is 6.66. The van der Waals surface area contributed by atoms with E-state index in [1.165, 1.54) is 12.1 Å². The van der Waals surface area contributed by atoms with Crippen molar-refractivity contribution in [1.29, 1.82) is 0 Å². The number of carbonyl (C=O) groups is 3. The lowest BCUT2D eigenvalue weighted by molar-refractivity contribution is -0.122. The molecule has 0 aromatic heterocycles. The van der Waals surface area contributed by atoms with E-state index in [0.717, 1.165) is 34.0 Å². The van der Waals surface area contributed by atoms with Crippen LogP contribution in [0.25, 0.3) is 6.08 Å². The molecule has 2 aromatic carbocycles. The predicted molar refractivity (Wildman–Crippen MR) is 120 cm³/mol. The van der Waals surface area contributed by atoms with Gasteiger partial charge in [0.2, 0.25) is 0 Å². The lowest BCUT2D eigenvalue weighted by Gasteiger charge is -2.14. The van der Waals surface area contributed by atoms with Crippen molar-refractivity contribution in [1.82, 2.24) is 10.2 Å². The third-order valence-corrected chi connectivity index (χ3v) is 6.77. The predicted octanol–water partition coefficient (Wildman–Crippen LogP) is 3.17. The normalized spacial score (nSPS) is 15.6. The van der Waals surface area contributed by atoms with Crippen molar-refractivity contribution in [3.63, 3.8) is 0 Å². The molecule has 3 amide bonds. The minimum Gasteiger partial charge on any atom is -0.350 e. The third kappa shape index (κ3) is 5.42. The highest BCUT2D eigenvalue weighted by atomic mass is 32.2. The smallest absolute Gasteiger partial charge is 0.293 e. The summed E-state index contributed by atoms with van der Waals surface area (Å²) in [5.74, 6) is -0.870. The van der Waals surface area contributed by atoms with Gasteiger partial charge in [0, 0.05) is 24.9 Å². The Labute approximate surface area is 185 Å². The number of nitrogens with one attached hydrogen (secondary N) is 1. The van der Waals surface area contributed by atoms with Crippen LogP contribution in [0.3, 0.4) is 0 Å². The number of carbonyl (C=O) groups excluding carboxylic acids is 3. The van der Waals surface area contributed by atoms with Crippen LogP contribution >= 0.6 is 11.8 Å². The van der Waals surface area contributed by atoms with Gasteiger partial charge in [0.05, 0.1) is 9.80 Å². The Morgan fingerprint density at radius 2 is 1.77 bits per heavy atom. The number of amides is 3. The number of rotatable bonds is 6. The zero-order valence-electron chi connectivity index (χ0n) is 17.3. The highest BCUT2D eigenvalue weighted by molar-refractivity contribution is 8.18. The van der Waals surface area contributed by atoms with Gasteiger partial charge in [-0.25, -0.2) is 8.42 Å². The molecule has 0 spiro atoms. The number of thioether (sulfide) groups is 1.